The van der Waals surface area contributed by atoms with Crippen molar-refractivity contribution >= 4 is 11.6 Å². The van der Waals surface area contributed by atoms with E-state index in [1.54, 1.807) is 11.7 Å². The Bertz CT molecular complexity index is 683. The monoisotopic (exact) mass is 314 g/mol. The minimum absolute atomic E-state index is 0.0144. The molecule has 7 heteroatoms. The van der Waals surface area contributed by atoms with Gasteiger partial charge in [-0.15, -0.1) is 5.10 Å². The van der Waals surface area contributed by atoms with Gasteiger partial charge in [0.25, 0.3) is 0 Å². The van der Waals surface area contributed by atoms with Crippen LogP contribution in [-0.4, -0.2) is 32.2 Å². The van der Waals surface area contributed by atoms with Crippen LogP contribution in [0, 0.1) is 5.92 Å². The van der Waals surface area contributed by atoms with Crippen molar-refractivity contribution in [2.45, 2.75) is 38.1 Å². The number of nitrogens with zero attached hydrogens (tertiary/aromatic N) is 4. The van der Waals surface area contributed by atoms with E-state index in [0.29, 0.717) is 12.2 Å². The third kappa shape index (κ3) is 3.73. The molecule has 1 aromatic heterocycles. The quantitative estimate of drug-likeness (QED) is 0.895. The fourth-order valence-electron chi connectivity index (χ4n) is 3.15. The summed E-state index contributed by atoms with van der Waals surface area (Å²) in [5, 5.41) is 14.4. The summed E-state index contributed by atoms with van der Waals surface area (Å²) < 4.78 is 1.60. The molecule has 1 aliphatic rings. The van der Waals surface area contributed by atoms with E-state index < -0.39 is 0 Å². The minimum atomic E-state index is 0.0144. The first kappa shape index (κ1) is 15.6. The Morgan fingerprint density at radius 1 is 1.39 bits per heavy atom. The maximum absolute atomic E-state index is 12.3. The number of carbonyl (C=O) groups excluding carboxylic acids is 1. The first-order valence-electron chi connectivity index (χ1n) is 8.01. The number of amides is 1. The summed E-state index contributed by atoms with van der Waals surface area (Å²) >= 11 is 0. The molecular weight excluding hydrogens is 292 g/mol. The number of hydrogen-bond acceptors (Lipinski definition) is 5. The van der Waals surface area contributed by atoms with Crippen LogP contribution in [0.2, 0.25) is 0 Å². The van der Waals surface area contributed by atoms with Crippen LogP contribution >= 0.6 is 0 Å². The molecule has 0 aliphatic heterocycles. The number of aryl methyl sites for hydroxylation is 1. The normalized spacial score (nSPS) is 21.1. The zero-order chi connectivity index (χ0) is 16.2. The van der Waals surface area contributed by atoms with Gasteiger partial charge in [-0.3, -0.25) is 4.79 Å². The van der Waals surface area contributed by atoms with Crippen molar-refractivity contribution < 1.29 is 4.79 Å². The molecule has 0 saturated heterocycles. The molecule has 2 atom stereocenters. The Balaban J connectivity index is 1.66. The molecule has 1 aromatic carbocycles. The van der Waals surface area contributed by atoms with Crippen LogP contribution in [0.15, 0.2) is 24.3 Å². The Hall–Kier alpha value is -2.28. The van der Waals surface area contributed by atoms with Crippen molar-refractivity contribution in [2.24, 2.45) is 18.7 Å². The van der Waals surface area contributed by atoms with Crippen molar-refractivity contribution in [1.82, 2.24) is 20.2 Å². The number of nitrogens with two attached hydrogens (primary N) is 1. The number of tetrazole rings is 1. The standard InChI is InChI=1S/C16H22N6O/c1-22-16(19-20-21-22)12-6-4-7-13(9-12)18-15(23)10-11-5-2-3-8-14(11)17/h4,6-7,9,11,14H,2-3,5,8,10,17H2,1H3,(H,18,23). The van der Waals surface area contributed by atoms with Crippen LogP contribution < -0.4 is 11.1 Å². The van der Waals surface area contributed by atoms with Crippen LogP contribution in [-0.2, 0) is 11.8 Å². The summed E-state index contributed by atoms with van der Waals surface area (Å²) in [5.41, 5.74) is 7.74. The smallest absolute Gasteiger partial charge is 0.224 e. The van der Waals surface area contributed by atoms with Gasteiger partial charge in [0.05, 0.1) is 0 Å². The fraction of sp³-hybridized carbons (Fsp3) is 0.500. The number of carbonyl (C=O) groups is 1. The van der Waals surface area contributed by atoms with E-state index in [4.69, 9.17) is 5.73 Å². The van der Waals surface area contributed by atoms with E-state index in [0.717, 1.165) is 24.1 Å². The number of anilines is 1. The Morgan fingerprint density at radius 2 is 2.22 bits per heavy atom. The maximum atomic E-state index is 12.3. The van der Waals surface area contributed by atoms with Crippen molar-refractivity contribution in [3.63, 3.8) is 0 Å². The summed E-state index contributed by atoms with van der Waals surface area (Å²) in [5.74, 6) is 0.964. The molecule has 3 rings (SSSR count). The lowest BCUT2D eigenvalue weighted by molar-refractivity contribution is -0.117. The molecule has 1 fully saturated rings. The van der Waals surface area contributed by atoms with Gasteiger partial charge >= 0.3 is 0 Å². The lowest BCUT2D eigenvalue weighted by Crippen LogP contribution is -2.35. The Morgan fingerprint density at radius 3 is 2.96 bits per heavy atom. The molecule has 7 nitrogen and oxygen atoms in total. The maximum Gasteiger partial charge on any atom is 0.224 e. The molecule has 1 amide bonds. The summed E-state index contributed by atoms with van der Waals surface area (Å²) in [6.07, 6.45) is 4.89. The van der Waals surface area contributed by atoms with E-state index in [2.05, 4.69) is 20.8 Å². The SMILES string of the molecule is Cn1nnnc1-c1cccc(NC(=O)CC2CCCCC2N)c1. The van der Waals surface area contributed by atoms with Crippen LogP contribution in [0.3, 0.4) is 0 Å². The molecule has 23 heavy (non-hydrogen) atoms. The van der Waals surface area contributed by atoms with E-state index in [1.807, 2.05) is 24.3 Å². The number of nitrogens with one attached hydrogen (secondary N) is 1. The molecule has 0 bridgehead atoms. The summed E-state index contributed by atoms with van der Waals surface area (Å²) in [6, 6.07) is 7.69. The predicted octanol–water partition coefficient (Wildman–Crippen LogP) is 1.72. The lowest BCUT2D eigenvalue weighted by Gasteiger charge is -2.27. The van der Waals surface area contributed by atoms with Gasteiger partial charge in [-0.1, -0.05) is 25.0 Å². The van der Waals surface area contributed by atoms with Crippen LogP contribution in [0.1, 0.15) is 32.1 Å². The average Bonchev–Trinajstić information content (AvgIpc) is 2.96. The van der Waals surface area contributed by atoms with E-state index in [-0.39, 0.29) is 17.9 Å². The second kappa shape index (κ2) is 6.87. The van der Waals surface area contributed by atoms with Crippen LogP contribution in [0.4, 0.5) is 5.69 Å². The van der Waals surface area contributed by atoms with E-state index in [9.17, 15) is 4.79 Å². The summed E-state index contributed by atoms with van der Waals surface area (Å²) in [4.78, 5) is 12.3. The van der Waals surface area contributed by atoms with Crippen molar-refractivity contribution in [2.75, 3.05) is 5.32 Å². The number of rotatable bonds is 4. The second-order valence-electron chi connectivity index (χ2n) is 6.17. The van der Waals surface area contributed by atoms with Gasteiger partial charge in [0.2, 0.25) is 5.91 Å². The zero-order valence-electron chi connectivity index (χ0n) is 13.3. The molecular formula is C16H22N6O. The molecule has 3 N–H and O–H groups in total. The number of benzene rings is 1. The first-order chi connectivity index (χ1) is 11.1. The highest BCUT2D eigenvalue weighted by Crippen LogP contribution is 2.26. The zero-order valence-corrected chi connectivity index (χ0v) is 13.3. The molecule has 2 unspecified atom stereocenters. The van der Waals surface area contributed by atoms with Crippen LogP contribution in [0.25, 0.3) is 11.4 Å². The molecule has 1 heterocycles. The van der Waals surface area contributed by atoms with E-state index in [1.165, 1.54) is 12.8 Å². The van der Waals surface area contributed by atoms with Gasteiger partial charge in [-0.05, 0) is 41.3 Å². The molecule has 0 spiro atoms. The molecule has 0 radical (unpaired) electrons. The Kier molecular flexibility index (Phi) is 4.66. The number of hydrogen-bond donors (Lipinski definition) is 2. The highest BCUT2D eigenvalue weighted by atomic mass is 16.1. The van der Waals surface area contributed by atoms with Gasteiger partial charge in [0, 0.05) is 30.8 Å². The van der Waals surface area contributed by atoms with Crippen LogP contribution in [0.5, 0.6) is 0 Å². The van der Waals surface area contributed by atoms with Crippen molar-refractivity contribution in [3.05, 3.63) is 24.3 Å². The second-order valence-corrected chi connectivity index (χ2v) is 6.17. The lowest BCUT2D eigenvalue weighted by atomic mass is 9.83. The highest BCUT2D eigenvalue weighted by molar-refractivity contribution is 5.91. The predicted molar refractivity (Wildman–Crippen MR) is 87.4 cm³/mol. The molecule has 122 valence electrons. The fourth-order valence-corrected chi connectivity index (χ4v) is 3.15. The van der Waals surface area contributed by atoms with E-state index >= 15 is 0 Å². The largest absolute Gasteiger partial charge is 0.327 e. The summed E-state index contributed by atoms with van der Waals surface area (Å²) in [7, 11) is 1.78. The van der Waals surface area contributed by atoms with Gasteiger partial charge in [0.1, 0.15) is 0 Å². The average molecular weight is 314 g/mol. The Labute approximate surface area is 135 Å². The topological polar surface area (TPSA) is 98.7 Å². The minimum Gasteiger partial charge on any atom is -0.327 e. The number of aromatic nitrogens is 4. The third-order valence-corrected chi connectivity index (χ3v) is 4.44. The third-order valence-electron chi connectivity index (χ3n) is 4.44. The molecule has 2 aromatic rings. The van der Waals surface area contributed by atoms with Gasteiger partial charge in [-0.25, -0.2) is 4.68 Å². The van der Waals surface area contributed by atoms with Crippen molar-refractivity contribution in [1.29, 1.82) is 0 Å². The van der Waals surface area contributed by atoms with Gasteiger partial charge < -0.3 is 11.1 Å². The highest BCUT2D eigenvalue weighted by Gasteiger charge is 2.24. The molecule has 1 saturated carbocycles. The molecule has 1 aliphatic carbocycles. The first-order valence-corrected chi connectivity index (χ1v) is 8.01. The van der Waals surface area contributed by atoms with Crippen molar-refractivity contribution in [3.8, 4) is 11.4 Å². The summed E-state index contributed by atoms with van der Waals surface area (Å²) in [6.45, 7) is 0. The van der Waals surface area contributed by atoms with Gasteiger partial charge in [-0.2, -0.15) is 0 Å². The van der Waals surface area contributed by atoms with Gasteiger partial charge in [0.15, 0.2) is 5.82 Å².